The molecular weight excluding hydrogens is 778 g/mol. The second-order valence-corrected chi connectivity index (χ2v) is 17.7. The lowest BCUT2D eigenvalue weighted by Crippen LogP contribution is -2.82. The van der Waals surface area contributed by atoms with E-state index in [1.165, 1.54) is 26.0 Å². The van der Waals surface area contributed by atoms with E-state index in [4.69, 9.17) is 23.7 Å². The molecule has 11 unspecified atom stereocenters. The van der Waals surface area contributed by atoms with Crippen molar-refractivity contribution >= 4 is 35.6 Å². The predicted octanol–water partition coefficient (Wildman–Crippen LogP) is 3.47. The molecule has 60 heavy (non-hydrogen) atoms. The smallest absolute Gasteiger partial charge is 0.338 e. The van der Waals surface area contributed by atoms with Crippen molar-refractivity contribution in [1.29, 1.82) is 0 Å². The van der Waals surface area contributed by atoms with E-state index in [0.29, 0.717) is 5.56 Å². The van der Waals surface area contributed by atoms with Gasteiger partial charge in [0.25, 0.3) is 0 Å². The minimum Gasteiger partial charge on any atom is -0.456 e. The molecule has 2 aromatic carbocycles. The fourth-order valence-corrected chi connectivity index (χ4v) is 9.97. The first-order chi connectivity index (χ1) is 28.1. The molecule has 4 aliphatic rings. The van der Waals surface area contributed by atoms with Crippen LogP contribution in [0.3, 0.4) is 0 Å². The molecule has 3 fully saturated rings. The van der Waals surface area contributed by atoms with Crippen molar-refractivity contribution in [2.75, 3.05) is 6.61 Å². The minimum absolute atomic E-state index is 0.00902. The van der Waals surface area contributed by atoms with E-state index in [-0.39, 0.29) is 42.1 Å². The number of esters is 4. The zero-order valence-electron chi connectivity index (χ0n) is 35.1. The van der Waals surface area contributed by atoms with Crippen molar-refractivity contribution in [3.63, 3.8) is 0 Å². The van der Waals surface area contributed by atoms with E-state index < -0.39 is 113 Å². The summed E-state index contributed by atoms with van der Waals surface area (Å²) in [6.45, 7) is 11.7. The molecule has 15 nitrogen and oxygen atoms in total. The lowest BCUT2D eigenvalue weighted by molar-refractivity contribution is -0.346. The number of Topliss-reactive ketones (excluding diaryl/α,β-unsaturated/α-hetero) is 1. The number of amides is 1. The summed E-state index contributed by atoms with van der Waals surface area (Å²) in [6.07, 6.45) is -10.3. The number of nitrogens with one attached hydrogen (secondary N) is 1. The first kappa shape index (κ1) is 44.6. The molecule has 0 spiro atoms. The fourth-order valence-electron chi connectivity index (χ4n) is 9.97. The quantitative estimate of drug-likeness (QED) is 0.145. The van der Waals surface area contributed by atoms with Crippen LogP contribution in [0.25, 0.3) is 0 Å². The Bertz CT molecular complexity index is 2050. The topological polar surface area (TPSA) is 221 Å². The van der Waals surface area contributed by atoms with Crippen molar-refractivity contribution in [2.24, 2.45) is 22.7 Å². The highest BCUT2D eigenvalue weighted by molar-refractivity contribution is 5.95. The van der Waals surface area contributed by atoms with Gasteiger partial charge in [0.15, 0.2) is 23.6 Å². The Hall–Kier alpha value is -4.96. The van der Waals surface area contributed by atoms with Crippen LogP contribution >= 0.6 is 0 Å². The molecule has 1 heterocycles. The largest absolute Gasteiger partial charge is 0.456 e. The molecule has 11 atom stereocenters. The lowest BCUT2D eigenvalue weighted by Gasteiger charge is -2.67. The van der Waals surface area contributed by atoms with Gasteiger partial charge < -0.3 is 44.3 Å². The van der Waals surface area contributed by atoms with E-state index >= 15 is 4.79 Å². The Kier molecular flexibility index (Phi) is 12.2. The van der Waals surface area contributed by atoms with Gasteiger partial charge in [-0.1, -0.05) is 76.2 Å². The van der Waals surface area contributed by atoms with Crippen molar-refractivity contribution in [3.05, 3.63) is 82.9 Å². The third-order valence-electron chi connectivity index (χ3n) is 13.1. The molecule has 6 rings (SSSR count). The van der Waals surface area contributed by atoms with Crippen LogP contribution in [0.2, 0.25) is 0 Å². The van der Waals surface area contributed by atoms with Crippen molar-refractivity contribution in [2.45, 2.75) is 129 Å². The summed E-state index contributed by atoms with van der Waals surface area (Å²) in [7, 11) is 0. The average molecular weight is 834 g/mol. The summed E-state index contributed by atoms with van der Waals surface area (Å²) in [5.74, 6) is -6.64. The Labute approximate surface area is 348 Å². The molecule has 324 valence electrons. The molecule has 2 saturated carbocycles. The summed E-state index contributed by atoms with van der Waals surface area (Å²) in [5.41, 5.74) is -7.15. The fraction of sp³-hybridized carbons (Fsp3) is 0.556. The number of benzene rings is 2. The lowest BCUT2D eigenvalue weighted by atomic mass is 9.44. The highest BCUT2D eigenvalue weighted by atomic mass is 16.6. The number of carbonyl (C=O) groups excluding carboxylic acids is 6. The van der Waals surface area contributed by atoms with E-state index in [1.54, 1.807) is 62.4 Å². The van der Waals surface area contributed by atoms with Gasteiger partial charge in [-0.05, 0) is 48.6 Å². The third kappa shape index (κ3) is 7.54. The van der Waals surface area contributed by atoms with Gasteiger partial charge in [-0.15, -0.1) is 0 Å². The summed E-state index contributed by atoms with van der Waals surface area (Å²) in [5, 5.41) is 40.1. The second-order valence-electron chi connectivity index (χ2n) is 17.7. The number of ketones is 1. The van der Waals surface area contributed by atoms with Crippen LogP contribution in [0.4, 0.5) is 0 Å². The normalized spacial score (nSPS) is 32.7. The van der Waals surface area contributed by atoms with Crippen molar-refractivity contribution < 1.29 is 67.8 Å². The van der Waals surface area contributed by atoms with E-state index in [1.807, 2.05) is 13.8 Å². The van der Waals surface area contributed by atoms with Crippen LogP contribution in [-0.4, -0.2) is 105 Å². The molecule has 1 amide bonds. The third-order valence-corrected chi connectivity index (χ3v) is 13.1. The van der Waals surface area contributed by atoms with Crippen LogP contribution in [0.15, 0.2) is 71.8 Å². The molecular formula is C45H55NO14. The van der Waals surface area contributed by atoms with Crippen molar-refractivity contribution in [1.82, 2.24) is 5.32 Å². The zero-order chi connectivity index (χ0) is 44.1. The maximum absolute atomic E-state index is 15.4. The minimum atomic E-state index is -2.37. The molecule has 1 aliphatic heterocycles. The molecule has 15 heteroatoms. The number of rotatable bonds is 11. The van der Waals surface area contributed by atoms with Crippen LogP contribution in [0.5, 0.6) is 0 Å². The van der Waals surface area contributed by atoms with Gasteiger partial charge in [-0.3, -0.25) is 19.2 Å². The molecule has 2 bridgehead atoms. The Morgan fingerprint density at radius 3 is 2.08 bits per heavy atom. The molecule has 2 aromatic rings. The maximum atomic E-state index is 15.4. The van der Waals surface area contributed by atoms with E-state index in [0.717, 1.165) is 13.8 Å². The Balaban J connectivity index is 1.54. The van der Waals surface area contributed by atoms with Gasteiger partial charge in [-0.2, -0.15) is 0 Å². The standard InChI is InChI=1S/C45H55NO14/c1-23(2)19-32(50)46-34(27-15-11-9-12-16-27)35(51)41(54)58-29-21-45(55)39(59-40(53)28-17-13-10-14-18-28)37-43(8,30(49)20-31-44(37,22-56-31)60-26(5)48)38(52)36(57-25(4)47)33(24(29)3)42(45,6)7/h9-18,23,29-31,34-37,39,49,51,55H,19-22H2,1-8H3,(H,46,50). The Morgan fingerprint density at radius 2 is 1.53 bits per heavy atom. The van der Waals surface area contributed by atoms with Crippen LogP contribution in [0, 0.1) is 22.7 Å². The number of aliphatic hydroxyl groups excluding tert-OH is 2. The van der Waals surface area contributed by atoms with E-state index in [9.17, 15) is 39.3 Å². The maximum Gasteiger partial charge on any atom is 0.338 e. The average Bonchev–Trinajstić information content (AvgIpc) is 3.17. The first-order valence-electron chi connectivity index (χ1n) is 20.2. The number of hydrogen-bond acceptors (Lipinski definition) is 14. The number of hydrogen-bond donors (Lipinski definition) is 4. The SMILES string of the molecule is CC(=O)OC1C(=O)C2(C)C(O)CC3OCC3(OC(C)=O)C2C(OC(=O)c2ccccc2)C2(O)CC(OC(=O)C(O)C(NC(=O)CC(C)C)c3ccccc3)C(C)=C1C2(C)C. The zero-order valence-corrected chi connectivity index (χ0v) is 35.1. The number of fused-ring (bicyclic) bond motifs is 5. The highest BCUT2D eigenvalue weighted by Crippen LogP contribution is 2.64. The van der Waals surface area contributed by atoms with Gasteiger partial charge in [0.2, 0.25) is 5.91 Å². The van der Waals surface area contributed by atoms with Gasteiger partial charge in [-0.25, -0.2) is 9.59 Å². The molecule has 3 aliphatic carbocycles. The van der Waals surface area contributed by atoms with Crippen molar-refractivity contribution in [3.8, 4) is 0 Å². The van der Waals surface area contributed by atoms with Gasteiger partial charge in [0.1, 0.15) is 23.9 Å². The summed E-state index contributed by atoms with van der Waals surface area (Å²) in [4.78, 5) is 82.8. The van der Waals surface area contributed by atoms with Gasteiger partial charge in [0.05, 0.1) is 35.6 Å². The number of carbonyl (C=O) groups is 6. The van der Waals surface area contributed by atoms with Crippen LogP contribution in [-0.2, 0) is 47.7 Å². The molecule has 1 saturated heterocycles. The summed E-state index contributed by atoms with van der Waals surface area (Å²) in [6, 6.07) is 14.9. The van der Waals surface area contributed by atoms with Crippen LogP contribution < -0.4 is 5.32 Å². The molecule has 0 radical (unpaired) electrons. The summed E-state index contributed by atoms with van der Waals surface area (Å²) < 4.78 is 30.2. The first-order valence-corrected chi connectivity index (χ1v) is 20.2. The predicted molar refractivity (Wildman–Crippen MR) is 211 cm³/mol. The Morgan fingerprint density at radius 1 is 0.917 bits per heavy atom. The number of ether oxygens (including phenoxy) is 5. The van der Waals surface area contributed by atoms with E-state index in [2.05, 4.69) is 5.32 Å². The second kappa shape index (κ2) is 16.5. The number of aliphatic hydroxyl groups is 3. The van der Waals surface area contributed by atoms with Crippen LogP contribution in [0.1, 0.15) is 96.6 Å². The monoisotopic (exact) mass is 833 g/mol. The van der Waals surface area contributed by atoms with Gasteiger partial charge >= 0.3 is 23.9 Å². The summed E-state index contributed by atoms with van der Waals surface area (Å²) >= 11 is 0. The molecule has 0 aromatic heterocycles. The highest BCUT2D eigenvalue weighted by Gasteiger charge is 2.78. The molecule has 4 N–H and O–H groups in total. The van der Waals surface area contributed by atoms with Gasteiger partial charge in [0, 0.05) is 38.5 Å².